The first-order chi connectivity index (χ1) is 13.2. The summed E-state index contributed by atoms with van der Waals surface area (Å²) in [7, 11) is 0. The van der Waals surface area contributed by atoms with Gasteiger partial charge in [0, 0.05) is 35.0 Å². The van der Waals surface area contributed by atoms with Crippen molar-refractivity contribution in [1.82, 2.24) is 25.2 Å². The molecule has 4 rings (SSSR count). The highest BCUT2D eigenvalue weighted by Crippen LogP contribution is 2.17. The smallest absolute Gasteiger partial charge is 0.273 e. The van der Waals surface area contributed by atoms with Crippen molar-refractivity contribution >= 4 is 33.2 Å². The summed E-state index contributed by atoms with van der Waals surface area (Å²) in [6.45, 7) is 2.99. The average Bonchev–Trinajstić information content (AvgIpc) is 3.35. The monoisotopic (exact) mass is 445 g/mol. The first-order valence-electron chi connectivity index (χ1n) is 8.91. The molecule has 0 radical (unpaired) electrons. The van der Waals surface area contributed by atoms with E-state index in [1.165, 1.54) is 15.9 Å². The number of nitrogens with one attached hydrogen (secondary N) is 1. The van der Waals surface area contributed by atoms with E-state index in [-0.39, 0.29) is 11.9 Å². The number of piperidine rings is 1. The number of halogens is 1. The van der Waals surface area contributed by atoms with E-state index in [0.29, 0.717) is 5.69 Å². The molecule has 0 aliphatic carbocycles. The summed E-state index contributed by atoms with van der Waals surface area (Å²) in [6, 6.07) is 12.1. The number of rotatable bonds is 5. The van der Waals surface area contributed by atoms with Crippen LogP contribution in [0.3, 0.4) is 0 Å². The third kappa shape index (κ3) is 4.63. The van der Waals surface area contributed by atoms with E-state index in [0.717, 1.165) is 42.6 Å². The van der Waals surface area contributed by atoms with Crippen molar-refractivity contribution in [3.63, 3.8) is 0 Å². The van der Waals surface area contributed by atoms with Crippen LogP contribution in [0.5, 0.6) is 0 Å². The molecular formula is C19H20BrN5OS. The fourth-order valence-corrected chi connectivity index (χ4v) is 4.34. The minimum absolute atomic E-state index is 0.159. The number of amides is 1. The van der Waals surface area contributed by atoms with Gasteiger partial charge < -0.3 is 5.32 Å². The molecule has 1 aromatic carbocycles. The van der Waals surface area contributed by atoms with Crippen molar-refractivity contribution in [2.75, 3.05) is 13.1 Å². The number of thiophene rings is 1. The van der Waals surface area contributed by atoms with Crippen LogP contribution in [0.4, 0.5) is 0 Å². The number of carbonyl (C=O) groups excluding carboxylic acids is 1. The molecule has 0 atom stereocenters. The van der Waals surface area contributed by atoms with Crippen LogP contribution in [0.1, 0.15) is 28.2 Å². The largest absolute Gasteiger partial charge is 0.348 e. The van der Waals surface area contributed by atoms with Gasteiger partial charge in [-0.15, -0.1) is 16.4 Å². The third-order valence-electron chi connectivity index (χ3n) is 4.65. The Balaban J connectivity index is 1.31. The highest BCUT2D eigenvalue weighted by atomic mass is 79.9. The first-order valence-corrected chi connectivity index (χ1v) is 10.6. The Labute approximate surface area is 170 Å². The van der Waals surface area contributed by atoms with E-state index in [4.69, 9.17) is 0 Å². The van der Waals surface area contributed by atoms with E-state index in [9.17, 15) is 4.79 Å². The quantitative estimate of drug-likeness (QED) is 0.652. The summed E-state index contributed by atoms with van der Waals surface area (Å²) in [5.41, 5.74) is 1.15. The summed E-state index contributed by atoms with van der Waals surface area (Å²) in [4.78, 5) is 17.8. The molecule has 0 unspecified atom stereocenters. The Hall–Kier alpha value is -2.03. The molecule has 3 heterocycles. The molecule has 1 aliphatic rings. The molecular weight excluding hydrogens is 426 g/mol. The molecule has 1 fully saturated rings. The molecule has 0 spiro atoms. The van der Waals surface area contributed by atoms with Gasteiger partial charge in [-0.2, -0.15) is 9.90 Å². The van der Waals surface area contributed by atoms with Crippen LogP contribution in [0.2, 0.25) is 0 Å². The average molecular weight is 446 g/mol. The summed E-state index contributed by atoms with van der Waals surface area (Å²) in [5, 5.41) is 13.7. The third-order valence-corrected chi connectivity index (χ3v) is 6.00. The Morgan fingerprint density at radius 2 is 2.11 bits per heavy atom. The van der Waals surface area contributed by atoms with Gasteiger partial charge in [0.2, 0.25) is 0 Å². The lowest BCUT2D eigenvalue weighted by molar-refractivity contribution is 0.0904. The second kappa shape index (κ2) is 8.33. The topological polar surface area (TPSA) is 63.1 Å². The van der Waals surface area contributed by atoms with Crippen molar-refractivity contribution in [3.05, 3.63) is 63.0 Å². The van der Waals surface area contributed by atoms with Crippen molar-refractivity contribution in [1.29, 1.82) is 0 Å². The molecule has 8 heteroatoms. The molecule has 140 valence electrons. The van der Waals surface area contributed by atoms with Gasteiger partial charge in [-0.3, -0.25) is 9.69 Å². The predicted molar refractivity (Wildman–Crippen MR) is 109 cm³/mol. The minimum Gasteiger partial charge on any atom is -0.348 e. The lowest BCUT2D eigenvalue weighted by atomic mass is 10.0. The molecule has 1 aliphatic heterocycles. The maximum Gasteiger partial charge on any atom is 0.273 e. The zero-order valence-electron chi connectivity index (χ0n) is 14.7. The van der Waals surface area contributed by atoms with E-state index < -0.39 is 0 Å². The predicted octanol–water partition coefficient (Wildman–Crippen LogP) is 3.49. The minimum atomic E-state index is -0.159. The molecule has 6 nitrogen and oxygen atoms in total. The second-order valence-corrected chi connectivity index (χ2v) is 8.55. The number of benzene rings is 1. The van der Waals surface area contributed by atoms with E-state index >= 15 is 0 Å². The van der Waals surface area contributed by atoms with E-state index in [1.54, 1.807) is 11.3 Å². The van der Waals surface area contributed by atoms with Crippen LogP contribution in [-0.4, -0.2) is 44.9 Å². The molecule has 0 bridgehead atoms. The normalized spacial score (nSPS) is 15.7. The van der Waals surface area contributed by atoms with Gasteiger partial charge >= 0.3 is 0 Å². The Bertz CT molecular complexity index is 902. The van der Waals surface area contributed by atoms with Crippen LogP contribution < -0.4 is 5.32 Å². The number of hydrogen-bond donors (Lipinski definition) is 1. The summed E-state index contributed by atoms with van der Waals surface area (Å²) < 4.78 is 0.942. The number of carbonyl (C=O) groups is 1. The Morgan fingerprint density at radius 1 is 1.26 bits per heavy atom. The number of hydrogen-bond acceptors (Lipinski definition) is 5. The number of likely N-dealkylation sites (tertiary alicyclic amines) is 1. The fourth-order valence-electron chi connectivity index (χ4n) is 3.21. The van der Waals surface area contributed by atoms with Crippen LogP contribution in [0.15, 0.2) is 52.4 Å². The van der Waals surface area contributed by atoms with Gasteiger partial charge in [0.1, 0.15) is 0 Å². The molecule has 0 saturated carbocycles. The maximum atomic E-state index is 12.5. The summed E-state index contributed by atoms with van der Waals surface area (Å²) >= 11 is 5.23. The van der Waals surface area contributed by atoms with Crippen LogP contribution in [-0.2, 0) is 6.54 Å². The van der Waals surface area contributed by atoms with Crippen LogP contribution in [0.25, 0.3) is 5.69 Å². The lowest BCUT2D eigenvalue weighted by Crippen LogP contribution is -2.44. The highest BCUT2D eigenvalue weighted by molar-refractivity contribution is 9.10. The lowest BCUT2D eigenvalue weighted by Gasteiger charge is -2.31. The first kappa shape index (κ1) is 18.3. The van der Waals surface area contributed by atoms with Crippen molar-refractivity contribution in [3.8, 4) is 5.69 Å². The van der Waals surface area contributed by atoms with E-state index in [2.05, 4.69) is 53.9 Å². The SMILES string of the molecule is O=C(NC1CCN(Cc2cccs2)CC1)c1cnn(-c2cccc(Br)c2)n1. The molecule has 1 amide bonds. The second-order valence-electron chi connectivity index (χ2n) is 6.60. The summed E-state index contributed by atoms with van der Waals surface area (Å²) in [5.74, 6) is -0.159. The Kier molecular flexibility index (Phi) is 5.66. The number of aromatic nitrogens is 3. The molecule has 27 heavy (non-hydrogen) atoms. The van der Waals surface area contributed by atoms with Gasteiger partial charge in [0.15, 0.2) is 5.69 Å². The zero-order chi connectivity index (χ0) is 18.6. The van der Waals surface area contributed by atoms with Gasteiger partial charge in [0.05, 0.1) is 11.9 Å². The van der Waals surface area contributed by atoms with E-state index in [1.807, 2.05) is 24.3 Å². The number of nitrogens with zero attached hydrogens (tertiary/aromatic N) is 4. The maximum absolute atomic E-state index is 12.5. The fraction of sp³-hybridized carbons (Fsp3) is 0.316. The molecule has 1 N–H and O–H groups in total. The van der Waals surface area contributed by atoms with Gasteiger partial charge in [-0.05, 0) is 42.5 Å². The zero-order valence-corrected chi connectivity index (χ0v) is 17.1. The van der Waals surface area contributed by atoms with Gasteiger partial charge in [-0.1, -0.05) is 28.1 Å². The summed E-state index contributed by atoms with van der Waals surface area (Å²) in [6.07, 6.45) is 3.43. The van der Waals surface area contributed by atoms with Crippen molar-refractivity contribution in [2.45, 2.75) is 25.4 Å². The molecule has 2 aromatic heterocycles. The molecule has 3 aromatic rings. The molecule has 1 saturated heterocycles. The van der Waals surface area contributed by atoms with Gasteiger partial charge in [-0.25, -0.2) is 0 Å². The van der Waals surface area contributed by atoms with Crippen LogP contribution in [0, 0.1) is 0 Å². The Morgan fingerprint density at radius 3 is 2.85 bits per heavy atom. The van der Waals surface area contributed by atoms with Crippen molar-refractivity contribution < 1.29 is 4.79 Å². The van der Waals surface area contributed by atoms with Crippen LogP contribution >= 0.6 is 27.3 Å². The highest BCUT2D eigenvalue weighted by Gasteiger charge is 2.22. The van der Waals surface area contributed by atoms with Crippen molar-refractivity contribution in [2.24, 2.45) is 0 Å². The van der Waals surface area contributed by atoms with Gasteiger partial charge in [0.25, 0.3) is 5.91 Å². The standard InChI is InChI=1S/C19H20BrN5OS/c20-14-3-1-4-16(11-14)25-21-12-18(23-25)19(26)22-15-6-8-24(9-7-15)13-17-5-2-10-27-17/h1-5,10-12,15H,6-9,13H2,(H,22,26).